The second-order valence-corrected chi connectivity index (χ2v) is 5.76. The van der Waals surface area contributed by atoms with Crippen LogP contribution in [0.4, 0.5) is 0 Å². The second-order valence-electron chi connectivity index (χ2n) is 4.70. The molecule has 6 heteroatoms. The number of unbranched alkanes of at least 4 members (excludes halogenated alkanes) is 1. The summed E-state index contributed by atoms with van der Waals surface area (Å²) < 4.78 is 0. The number of hydrogen-bond acceptors (Lipinski definition) is 4. The molecule has 1 rings (SSSR count). The molecule has 1 aromatic heterocycles. The first-order valence-corrected chi connectivity index (χ1v) is 6.65. The van der Waals surface area contributed by atoms with Gasteiger partial charge in [-0.15, -0.1) is 5.10 Å². The lowest BCUT2D eigenvalue weighted by Crippen LogP contribution is -2.23. The number of carboxylic acid groups (broad SMARTS) is 1. The molecular formula is C11H19N3O2S. The van der Waals surface area contributed by atoms with Gasteiger partial charge >= 0.3 is 5.97 Å². The van der Waals surface area contributed by atoms with Gasteiger partial charge in [-0.3, -0.25) is 9.89 Å². The van der Waals surface area contributed by atoms with Crippen LogP contribution in [0.2, 0.25) is 0 Å². The van der Waals surface area contributed by atoms with E-state index in [1.54, 1.807) is 25.6 Å². The maximum Gasteiger partial charge on any atom is 0.309 e. The van der Waals surface area contributed by atoms with Gasteiger partial charge in [0.15, 0.2) is 0 Å². The Labute approximate surface area is 105 Å². The van der Waals surface area contributed by atoms with Crippen LogP contribution in [0.15, 0.2) is 5.16 Å². The van der Waals surface area contributed by atoms with Crippen LogP contribution in [0.5, 0.6) is 0 Å². The monoisotopic (exact) mass is 257 g/mol. The first-order chi connectivity index (χ1) is 7.92. The number of hydrogen-bond donors (Lipinski definition) is 2. The minimum atomic E-state index is -0.727. The molecular weight excluding hydrogens is 238 g/mol. The van der Waals surface area contributed by atoms with E-state index in [1.807, 2.05) is 6.92 Å². The normalized spacial score (nSPS) is 11.7. The van der Waals surface area contributed by atoms with E-state index in [0.717, 1.165) is 29.6 Å². The predicted molar refractivity (Wildman–Crippen MR) is 67.1 cm³/mol. The lowest BCUT2D eigenvalue weighted by atomic mass is 9.88. The van der Waals surface area contributed by atoms with Gasteiger partial charge in [0.1, 0.15) is 5.82 Å². The quantitative estimate of drug-likeness (QED) is 0.579. The lowest BCUT2D eigenvalue weighted by molar-refractivity contribution is -0.147. The highest BCUT2D eigenvalue weighted by Crippen LogP contribution is 2.24. The summed E-state index contributed by atoms with van der Waals surface area (Å²) in [6, 6.07) is 0. The van der Waals surface area contributed by atoms with Crippen LogP contribution in [0, 0.1) is 12.3 Å². The molecule has 1 heterocycles. The van der Waals surface area contributed by atoms with Crippen molar-refractivity contribution in [3.8, 4) is 0 Å². The number of aryl methyl sites for hydroxylation is 1. The molecule has 17 heavy (non-hydrogen) atoms. The minimum absolute atomic E-state index is 0.619. The van der Waals surface area contributed by atoms with Crippen molar-refractivity contribution in [3.63, 3.8) is 0 Å². The van der Waals surface area contributed by atoms with E-state index < -0.39 is 11.4 Å². The highest BCUT2D eigenvalue weighted by atomic mass is 32.2. The molecule has 0 aliphatic rings. The van der Waals surface area contributed by atoms with Crippen molar-refractivity contribution in [1.82, 2.24) is 15.2 Å². The van der Waals surface area contributed by atoms with E-state index in [9.17, 15) is 4.79 Å². The van der Waals surface area contributed by atoms with Gasteiger partial charge in [-0.1, -0.05) is 18.2 Å². The summed E-state index contributed by atoms with van der Waals surface area (Å²) in [7, 11) is 0. The lowest BCUT2D eigenvalue weighted by Gasteiger charge is -2.18. The molecule has 0 unspecified atom stereocenters. The van der Waals surface area contributed by atoms with Crippen molar-refractivity contribution in [1.29, 1.82) is 0 Å². The van der Waals surface area contributed by atoms with Crippen molar-refractivity contribution in [2.24, 2.45) is 5.41 Å². The largest absolute Gasteiger partial charge is 0.481 e. The molecule has 0 aliphatic heterocycles. The Kier molecular flexibility index (Phi) is 4.99. The molecule has 0 aromatic carbocycles. The highest BCUT2D eigenvalue weighted by Gasteiger charge is 2.25. The molecule has 0 saturated heterocycles. The number of nitrogens with zero attached hydrogens (tertiary/aromatic N) is 2. The summed E-state index contributed by atoms with van der Waals surface area (Å²) in [5.74, 6) is 1.02. The van der Waals surface area contributed by atoms with E-state index >= 15 is 0 Å². The molecule has 0 radical (unpaired) electrons. The molecule has 0 aliphatic carbocycles. The number of H-pyrrole nitrogens is 1. The number of nitrogens with one attached hydrogen (secondary N) is 1. The highest BCUT2D eigenvalue weighted by molar-refractivity contribution is 7.99. The Morgan fingerprint density at radius 1 is 1.47 bits per heavy atom. The van der Waals surface area contributed by atoms with Crippen molar-refractivity contribution < 1.29 is 9.90 Å². The van der Waals surface area contributed by atoms with Crippen LogP contribution in [-0.4, -0.2) is 32.0 Å². The minimum Gasteiger partial charge on any atom is -0.481 e. The molecule has 2 N–H and O–H groups in total. The molecule has 96 valence electrons. The molecule has 1 aromatic rings. The number of rotatable bonds is 7. The maximum atomic E-state index is 10.9. The van der Waals surface area contributed by atoms with E-state index in [0.29, 0.717) is 6.42 Å². The van der Waals surface area contributed by atoms with Gasteiger partial charge in [-0.05, 0) is 33.6 Å². The third-order valence-corrected chi connectivity index (χ3v) is 3.52. The van der Waals surface area contributed by atoms with Crippen LogP contribution < -0.4 is 0 Å². The van der Waals surface area contributed by atoms with Gasteiger partial charge in [0.05, 0.1) is 5.41 Å². The van der Waals surface area contributed by atoms with Gasteiger partial charge in [-0.25, -0.2) is 4.98 Å². The molecule has 0 atom stereocenters. The van der Waals surface area contributed by atoms with Crippen molar-refractivity contribution in [3.05, 3.63) is 5.82 Å². The smallest absolute Gasteiger partial charge is 0.309 e. The van der Waals surface area contributed by atoms with Gasteiger partial charge < -0.3 is 5.11 Å². The molecule has 0 bridgehead atoms. The van der Waals surface area contributed by atoms with Crippen LogP contribution in [0.25, 0.3) is 0 Å². The number of aromatic nitrogens is 3. The van der Waals surface area contributed by atoms with Crippen LogP contribution in [0.3, 0.4) is 0 Å². The van der Waals surface area contributed by atoms with E-state index in [-0.39, 0.29) is 0 Å². The van der Waals surface area contributed by atoms with Crippen molar-refractivity contribution >= 4 is 17.7 Å². The fourth-order valence-corrected chi connectivity index (χ4v) is 2.17. The molecule has 5 nitrogen and oxygen atoms in total. The fourth-order valence-electron chi connectivity index (χ4n) is 1.33. The van der Waals surface area contributed by atoms with Crippen molar-refractivity contribution in [2.45, 2.75) is 45.2 Å². The SMILES string of the molecule is Cc1nc(SCCCCC(C)(C)C(=O)O)n[nH]1. The Morgan fingerprint density at radius 3 is 2.71 bits per heavy atom. The van der Waals surface area contributed by atoms with Crippen LogP contribution in [0.1, 0.15) is 38.9 Å². The maximum absolute atomic E-state index is 10.9. The van der Waals surface area contributed by atoms with E-state index in [1.165, 1.54) is 0 Å². The number of aromatic amines is 1. The first-order valence-electron chi connectivity index (χ1n) is 5.67. The third-order valence-electron chi connectivity index (χ3n) is 2.58. The summed E-state index contributed by atoms with van der Waals surface area (Å²) >= 11 is 1.60. The van der Waals surface area contributed by atoms with Crippen LogP contribution >= 0.6 is 11.8 Å². The fraction of sp³-hybridized carbons (Fsp3) is 0.727. The second kappa shape index (κ2) is 6.05. The van der Waals surface area contributed by atoms with Gasteiger partial charge in [0, 0.05) is 5.75 Å². The van der Waals surface area contributed by atoms with E-state index in [2.05, 4.69) is 15.2 Å². The summed E-state index contributed by atoms with van der Waals surface area (Å²) in [6.07, 6.45) is 2.60. The van der Waals surface area contributed by atoms with Crippen LogP contribution in [-0.2, 0) is 4.79 Å². The third kappa shape index (κ3) is 4.77. The summed E-state index contributed by atoms with van der Waals surface area (Å²) in [5.41, 5.74) is -0.619. The average Bonchev–Trinajstić information content (AvgIpc) is 2.63. The van der Waals surface area contributed by atoms with Crippen molar-refractivity contribution in [2.75, 3.05) is 5.75 Å². The number of aliphatic carboxylic acids is 1. The number of carboxylic acids is 1. The number of thioether (sulfide) groups is 1. The average molecular weight is 257 g/mol. The predicted octanol–water partition coefficient (Wildman–Crippen LogP) is 2.49. The number of carbonyl (C=O) groups is 1. The summed E-state index contributed by atoms with van der Waals surface area (Å²) in [4.78, 5) is 15.1. The standard InChI is InChI=1S/C11H19N3O2S/c1-8-12-10(14-13-8)17-7-5-4-6-11(2,3)9(15)16/h4-7H2,1-3H3,(H,15,16)(H,12,13,14). The Hall–Kier alpha value is -1.04. The zero-order valence-electron chi connectivity index (χ0n) is 10.5. The molecule has 0 amide bonds. The Bertz CT molecular complexity index is 377. The first kappa shape index (κ1) is 14.0. The Morgan fingerprint density at radius 2 is 2.18 bits per heavy atom. The zero-order chi connectivity index (χ0) is 12.9. The van der Waals surface area contributed by atoms with Gasteiger partial charge in [0.25, 0.3) is 0 Å². The molecule has 0 saturated carbocycles. The summed E-state index contributed by atoms with van der Waals surface area (Å²) in [5, 5.41) is 16.5. The Balaban J connectivity index is 2.15. The topological polar surface area (TPSA) is 78.9 Å². The van der Waals surface area contributed by atoms with E-state index in [4.69, 9.17) is 5.11 Å². The molecule has 0 fully saturated rings. The van der Waals surface area contributed by atoms with Gasteiger partial charge in [-0.2, -0.15) is 0 Å². The summed E-state index contributed by atoms with van der Waals surface area (Å²) in [6.45, 7) is 5.40. The molecule has 0 spiro atoms. The zero-order valence-corrected chi connectivity index (χ0v) is 11.3. The van der Waals surface area contributed by atoms with Gasteiger partial charge in [0.2, 0.25) is 5.16 Å².